The maximum absolute atomic E-state index is 13.2. The van der Waals surface area contributed by atoms with Crippen LogP contribution in [0.25, 0.3) is 28.0 Å². The average molecular weight is 783 g/mol. The van der Waals surface area contributed by atoms with Crippen LogP contribution in [0, 0.1) is 20.8 Å². The van der Waals surface area contributed by atoms with E-state index in [9.17, 15) is 24.0 Å². The molecule has 1 aromatic carbocycles. The Morgan fingerprint density at radius 3 is 1.66 bits per heavy atom. The molecular weight excluding hydrogens is 720 g/mol. The van der Waals surface area contributed by atoms with E-state index in [1.807, 2.05) is 26.8 Å². The number of hydrogen-bond acceptors (Lipinski definition) is 10. The Kier molecular flexibility index (Phi) is 15.6. The number of benzene rings is 1. The van der Waals surface area contributed by atoms with Gasteiger partial charge < -0.3 is 43.5 Å². The first-order chi connectivity index (χ1) is 25.9. The fourth-order valence-corrected chi connectivity index (χ4v) is 5.85. The molecule has 2 heterocycles. The molecule has 3 aromatic rings. The highest BCUT2D eigenvalue weighted by atomic mass is 16.6. The molecule has 0 spiro atoms. The molecule has 0 bridgehead atoms. The van der Waals surface area contributed by atoms with Gasteiger partial charge in [0.05, 0.1) is 0 Å². The van der Waals surface area contributed by atoms with Gasteiger partial charge >= 0.3 is 23.9 Å². The van der Waals surface area contributed by atoms with Gasteiger partial charge in [-0.15, -0.1) is 0 Å². The number of fused-ring (bicyclic) bond motifs is 2. The number of hydrogen-bond donors (Lipinski definition) is 2. The van der Waals surface area contributed by atoms with Gasteiger partial charge in [-0.25, -0.2) is 19.2 Å². The van der Waals surface area contributed by atoms with Crippen molar-refractivity contribution in [2.75, 3.05) is 39.3 Å². The number of nitrogens with zero attached hydrogens (tertiary/aromatic N) is 2. The molecule has 0 aliphatic heterocycles. The zero-order valence-corrected chi connectivity index (χ0v) is 35.4. The van der Waals surface area contributed by atoms with Gasteiger partial charge in [0.1, 0.15) is 33.7 Å². The summed E-state index contributed by atoms with van der Waals surface area (Å²) >= 11 is 0. The average Bonchev–Trinajstić information content (AvgIpc) is 3.36. The Balaban J connectivity index is 1.57. The number of unbranched alkanes of at least 4 members (excludes halogenated alkanes) is 1. The normalized spacial score (nSPS) is 12.2. The zero-order chi connectivity index (χ0) is 42.0. The summed E-state index contributed by atoms with van der Waals surface area (Å²) in [6.07, 6.45) is 3.89. The topological polar surface area (TPSA) is 170 Å². The number of ether oxygens (including phenoxy) is 3. The standard InChI is InChI=1S/C42H62N4O10/c1-27-25-34(48)53-35-28(2)36-32(26-31(27)35)30(29(3)52-36)17-18-33(47)43-19-15-23-45(38(50)55-41(7,8)9)21-13-14-22-46(39(51)56-42(10,11)12)24-16-20-44-37(49)54-40(4,5)6/h17-18,25-26H,13-16,19-24H2,1-12H3,(H,43,47)(H,44,49)/b18-17+. The van der Waals surface area contributed by atoms with Crippen molar-refractivity contribution in [3.05, 3.63) is 51.1 Å². The van der Waals surface area contributed by atoms with Crippen LogP contribution in [0.1, 0.15) is 110 Å². The van der Waals surface area contributed by atoms with Crippen LogP contribution in [0.2, 0.25) is 0 Å². The molecule has 3 rings (SSSR count). The molecule has 14 nitrogen and oxygen atoms in total. The highest BCUT2D eigenvalue weighted by molar-refractivity contribution is 6.03. The quantitative estimate of drug-likeness (QED) is 0.0664. The van der Waals surface area contributed by atoms with Crippen LogP contribution < -0.4 is 16.3 Å². The van der Waals surface area contributed by atoms with Gasteiger partial charge in [0, 0.05) is 73.3 Å². The van der Waals surface area contributed by atoms with Crippen LogP contribution in [-0.4, -0.2) is 90.1 Å². The first-order valence-corrected chi connectivity index (χ1v) is 19.3. The van der Waals surface area contributed by atoms with E-state index in [4.69, 9.17) is 23.0 Å². The fraction of sp³-hybridized carbons (Fsp3) is 0.595. The van der Waals surface area contributed by atoms with Crippen molar-refractivity contribution in [2.24, 2.45) is 0 Å². The number of rotatable bonds is 15. The number of aryl methyl sites for hydroxylation is 3. The Bertz CT molecular complexity index is 1940. The van der Waals surface area contributed by atoms with Crippen molar-refractivity contribution < 1.29 is 42.2 Å². The molecule has 0 fully saturated rings. The van der Waals surface area contributed by atoms with Crippen LogP contribution in [-0.2, 0) is 19.0 Å². The lowest BCUT2D eigenvalue weighted by molar-refractivity contribution is -0.116. The number of amides is 4. The summed E-state index contributed by atoms with van der Waals surface area (Å²) in [7, 11) is 0. The molecule has 0 saturated carbocycles. The summed E-state index contributed by atoms with van der Waals surface area (Å²) < 4.78 is 28.1. The first kappa shape index (κ1) is 45.4. The van der Waals surface area contributed by atoms with Gasteiger partial charge in [0.2, 0.25) is 5.91 Å². The fourth-order valence-electron chi connectivity index (χ4n) is 5.85. The van der Waals surface area contributed by atoms with Crippen LogP contribution in [0.5, 0.6) is 0 Å². The lowest BCUT2D eigenvalue weighted by Gasteiger charge is -2.29. The second-order valence-corrected chi connectivity index (χ2v) is 17.0. The molecule has 0 unspecified atom stereocenters. The van der Waals surface area contributed by atoms with Gasteiger partial charge in [0.15, 0.2) is 0 Å². The van der Waals surface area contributed by atoms with Crippen molar-refractivity contribution in [1.82, 2.24) is 20.4 Å². The summed E-state index contributed by atoms with van der Waals surface area (Å²) in [4.78, 5) is 66.3. The van der Waals surface area contributed by atoms with Gasteiger partial charge in [-0.3, -0.25) is 4.79 Å². The third-order valence-electron chi connectivity index (χ3n) is 8.33. The lowest BCUT2D eigenvalue weighted by atomic mass is 10.0. The van der Waals surface area contributed by atoms with Crippen LogP contribution in [0.4, 0.5) is 14.4 Å². The van der Waals surface area contributed by atoms with E-state index in [2.05, 4.69) is 10.6 Å². The lowest BCUT2D eigenvalue weighted by Crippen LogP contribution is -2.40. The number of furan rings is 1. The minimum Gasteiger partial charge on any atom is -0.460 e. The zero-order valence-electron chi connectivity index (χ0n) is 35.4. The summed E-state index contributed by atoms with van der Waals surface area (Å²) in [6, 6.07) is 3.36. The van der Waals surface area contributed by atoms with Crippen LogP contribution in [0.3, 0.4) is 0 Å². The molecule has 2 N–H and O–H groups in total. The number of carbonyl (C=O) groups is 4. The maximum Gasteiger partial charge on any atom is 0.410 e. The maximum atomic E-state index is 13.2. The van der Waals surface area contributed by atoms with E-state index in [-0.39, 0.29) is 5.91 Å². The molecule has 0 aliphatic rings. The van der Waals surface area contributed by atoms with E-state index >= 15 is 0 Å². The molecule has 0 saturated heterocycles. The predicted octanol–water partition coefficient (Wildman–Crippen LogP) is 8.15. The predicted molar refractivity (Wildman–Crippen MR) is 217 cm³/mol. The van der Waals surface area contributed by atoms with Crippen LogP contribution >= 0.6 is 0 Å². The van der Waals surface area contributed by atoms with Crippen LogP contribution in [0.15, 0.2) is 31.8 Å². The van der Waals surface area contributed by atoms with Gasteiger partial charge in [-0.2, -0.15) is 0 Å². The van der Waals surface area contributed by atoms with Crippen molar-refractivity contribution in [1.29, 1.82) is 0 Å². The Hall–Kier alpha value is -5.01. The number of alkyl carbamates (subject to hydrolysis) is 1. The third kappa shape index (κ3) is 14.6. The molecule has 14 heteroatoms. The SMILES string of the molecule is Cc1oc2c(C)c3oc(=O)cc(C)c3cc2c1/C=C/C(=O)NCCCN(CCCCN(CCCNC(=O)OC(C)(C)C)C(=O)OC(C)(C)C)C(=O)OC(C)(C)C. The minimum absolute atomic E-state index is 0.300. The molecule has 0 aliphatic carbocycles. The molecule has 4 amide bonds. The largest absolute Gasteiger partial charge is 0.460 e. The first-order valence-electron chi connectivity index (χ1n) is 19.3. The Labute approximate surface area is 330 Å². The second-order valence-electron chi connectivity index (χ2n) is 17.0. The number of nitrogens with one attached hydrogen (secondary N) is 2. The molecule has 56 heavy (non-hydrogen) atoms. The molecule has 0 radical (unpaired) electrons. The third-order valence-corrected chi connectivity index (χ3v) is 8.33. The van der Waals surface area contributed by atoms with Crippen molar-refractivity contribution in [3.63, 3.8) is 0 Å². The van der Waals surface area contributed by atoms with E-state index in [1.165, 1.54) is 12.1 Å². The van der Waals surface area contributed by atoms with Gasteiger partial charge in [-0.1, -0.05) is 0 Å². The van der Waals surface area contributed by atoms with E-state index in [0.717, 1.165) is 21.9 Å². The second kappa shape index (κ2) is 19.2. The van der Waals surface area contributed by atoms with E-state index in [0.29, 0.717) is 87.4 Å². The molecule has 2 aromatic heterocycles. The summed E-state index contributed by atoms with van der Waals surface area (Å²) in [5.74, 6) is 0.325. The monoisotopic (exact) mass is 782 g/mol. The van der Waals surface area contributed by atoms with E-state index < -0.39 is 40.7 Å². The van der Waals surface area contributed by atoms with E-state index in [1.54, 1.807) is 78.2 Å². The molecule has 0 atom stereocenters. The Morgan fingerprint density at radius 1 is 0.661 bits per heavy atom. The Morgan fingerprint density at radius 2 is 1.14 bits per heavy atom. The van der Waals surface area contributed by atoms with Gasteiger partial charge in [-0.05, 0) is 126 Å². The minimum atomic E-state index is -0.693. The van der Waals surface area contributed by atoms with Gasteiger partial charge in [0.25, 0.3) is 0 Å². The molecular formula is C42H62N4O10. The highest BCUT2D eigenvalue weighted by Gasteiger charge is 2.24. The summed E-state index contributed by atoms with van der Waals surface area (Å²) in [5, 5.41) is 7.22. The van der Waals surface area contributed by atoms with Crippen molar-refractivity contribution >= 4 is 52.2 Å². The highest BCUT2D eigenvalue weighted by Crippen LogP contribution is 2.34. The van der Waals surface area contributed by atoms with Crippen molar-refractivity contribution in [3.8, 4) is 0 Å². The van der Waals surface area contributed by atoms with Crippen molar-refractivity contribution in [2.45, 2.75) is 126 Å². The summed E-state index contributed by atoms with van der Waals surface area (Å²) in [5.41, 5.74) is 0.930. The summed E-state index contributed by atoms with van der Waals surface area (Å²) in [6.45, 7) is 23.8. The number of carbonyl (C=O) groups excluding carboxylic acids is 4. The smallest absolute Gasteiger partial charge is 0.410 e. The molecule has 310 valence electrons.